The summed E-state index contributed by atoms with van der Waals surface area (Å²) in [6.07, 6.45) is 111. The standard InChI is InChI=1S/C77H131NO3/c1-3-5-7-9-11-13-15-17-19-21-23-25-27-29-31-33-35-36-37-38-39-40-41-42-43-45-47-49-51-53-55-57-59-61-63-65-67-69-71-73-77(81)78-75(74-79)76(80)72-70-68-66-64-62-60-58-56-54-52-50-48-46-44-34-32-30-28-26-24-22-20-18-16-14-12-10-8-6-4-2/h5,7,11,13,17,19,23,25,29,31,35-36,38-39,41-42,45,47,51,53,62,64,70,72,75-76,79-80H,3-4,6,8-10,12,14-16,18,20-22,24,26-28,30,32-34,37,40,43-44,46,48-50,52,54-61,63,65-69,71,73-74H2,1-2H3,(H,78,81)/b7-5-,13-11-,19-17-,25-23-,31-29-,36-35-,39-38-,42-41-,47-45-,53-51-,64-62+,72-70+. The van der Waals surface area contributed by atoms with E-state index in [2.05, 4.69) is 153 Å². The Labute approximate surface area is 503 Å². The van der Waals surface area contributed by atoms with Gasteiger partial charge in [-0.15, -0.1) is 0 Å². The Hall–Kier alpha value is -3.73. The summed E-state index contributed by atoms with van der Waals surface area (Å²) in [5.41, 5.74) is 0. The lowest BCUT2D eigenvalue weighted by atomic mass is 10.0. The highest BCUT2D eigenvalue weighted by Crippen LogP contribution is 2.17. The molecule has 3 N–H and O–H groups in total. The summed E-state index contributed by atoms with van der Waals surface area (Å²) in [5.74, 6) is -0.0853. The van der Waals surface area contributed by atoms with Crippen molar-refractivity contribution in [3.05, 3.63) is 146 Å². The molecule has 0 aliphatic carbocycles. The first kappa shape index (κ1) is 77.3. The summed E-state index contributed by atoms with van der Waals surface area (Å²) in [7, 11) is 0. The quantitative estimate of drug-likeness (QED) is 0.0420. The number of hydrogen-bond acceptors (Lipinski definition) is 3. The van der Waals surface area contributed by atoms with Crippen LogP contribution in [0.5, 0.6) is 0 Å². The van der Waals surface area contributed by atoms with E-state index in [0.717, 1.165) is 109 Å². The molecule has 1 amide bonds. The summed E-state index contributed by atoms with van der Waals surface area (Å²) in [6.45, 7) is 4.20. The molecule has 0 saturated heterocycles. The molecule has 0 aliphatic rings. The summed E-state index contributed by atoms with van der Waals surface area (Å²) < 4.78 is 0. The van der Waals surface area contributed by atoms with Crippen LogP contribution in [0.4, 0.5) is 0 Å². The van der Waals surface area contributed by atoms with Crippen LogP contribution in [0.1, 0.15) is 316 Å². The van der Waals surface area contributed by atoms with E-state index in [1.807, 2.05) is 6.08 Å². The van der Waals surface area contributed by atoms with Gasteiger partial charge in [0.15, 0.2) is 0 Å². The second-order valence-corrected chi connectivity index (χ2v) is 22.9. The minimum atomic E-state index is -0.878. The summed E-state index contributed by atoms with van der Waals surface area (Å²) in [5, 5.41) is 23.3. The number of amides is 1. The van der Waals surface area contributed by atoms with E-state index in [4.69, 9.17) is 0 Å². The zero-order valence-corrected chi connectivity index (χ0v) is 53.3. The fourth-order valence-electron chi connectivity index (χ4n) is 9.87. The summed E-state index contributed by atoms with van der Waals surface area (Å²) in [4.78, 5) is 12.5. The van der Waals surface area contributed by atoms with Gasteiger partial charge in [-0.05, 0) is 109 Å². The third-order valence-electron chi connectivity index (χ3n) is 15.1. The summed E-state index contributed by atoms with van der Waals surface area (Å²) >= 11 is 0. The Morgan fingerprint density at radius 3 is 0.864 bits per heavy atom. The predicted molar refractivity (Wildman–Crippen MR) is 363 cm³/mol. The Balaban J connectivity index is 3.61. The molecule has 0 aliphatic heterocycles. The number of aliphatic hydroxyl groups excluding tert-OH is 2. The summed E-state index contributed by atoms with van der Waals surface area (Å²) in [6, 6.07) is -0.656. The van der Waals surface area contributed by atoms with Gasteiger partial charge in [0.2, 0.25) is 5.91 Å². The first-order valence-corrected chi connectivity index (χ1v) is 34.5. The fraction of sp³-hybridized carbons (Fsp3) is 0.675. The molecule has 0 saturated carbocycles. The van der Waals surface area contributed by atoms with Crippen molar-refractivity contribution in [2.75, 3.05) is 6.61 Å². The van der Waals surface area contributed by atoms with Crippen LogP contribution in [-0.2, 0) is 4.79 Å². The Morgan fingerprint density at radius 1 is 0.309 bits per heavy atom. The van der Waals surface area contributed by atoms with Crippen LogP contribution in [0.25, 0.3) is 0 Å². The molecule has 81 heavy (non-hydrogen) atoms. The van der Waals surface area contributed by atoms with E-state index >= 15 is 0 Å². The van der Waals surface area contributed by atoms with Gasteiger partial charge in [0.25, 0.3) is 0 Å². The minimum absolute atomic E-state index is 0.0853. The average molecular weight is 1120 g/mol. The Morgan fingerprint density at radius 2 is 0.556 bits per heavy atom. The van der Waals surface area contributed by atoms with Gasteiger partial charge in [0, 0.05) is 6.42 Å². The van der Waals surface area contributed by atoms with Crippen LogP contribution >= 0.6 is 0 Å². The van der Waals surface area contributed by atoms with Crippen LogP contribution < -0.4 is 5.32 Å². The third-order valence-corrected chi connectivity index (χ3v) is 15.1. The van der Waals surface area contributed by atoms with Crippen LogP contribution in [-0.4, -0.2) is 34.9 Å². The van der Waals surface area contributed by atoms with Gasteiger partial charge in [-0.25, -0.2) is 0 Å². The first-order valence-electron chi connectivity index (χ1n) is 34.5. The predicted octanol–water partition coefficient (Wildman–Crippen LogP) is 23.9. The number of unbranched alkanes of at least 4 members (excludes halogenated alkanes) is 33. The maximum atomic E-state index is 12.5. The van der Waals surface area contributed by atoms with E-state index in [0.29, 0.717) is 6.42 Å². The van der Waals surface area contributed by atoms with Crippen LogP contribution in [0, 0.1) is 0 Å². The van der Waals surface area contributed by atoms with E-state index in [9.17, 15) is 15.0 Å². The molecule has 0 radical (unpaired) electrons. The van der Waals surface area contributed by atoms with Gasteiger partial charge >= 0.3 is 0 Å². The number of carbonyl (C=O) groups excluding carboxylic acids is 1. The minimum Gasteiger partial charge on any atom is -0.394 e. The largest absolute Gasteiger partial charge is 0.394 e. The maximum absolute atomic E-state index is 12.5. The molecule has 0 spiro atoms. The lowest BCUT2D eigenvalue weighted by molar-refractivity contribution is -0.123. The molecule has 0 aromatic carbocycles. The highest BCUT2D eigenvalue weighted by Gasteiger charge is 2.18. The maximum Gasteiger partial charge on any atom is 0.220 e. The molecular weight excluding hydrogens is 987 g/mol. The van der Waals surface area contributed by atoms with Crippen molar-refractivity contribution in [1.29, 1.82) is 0 Å². The number of allylic oxidation sites excluding steroid dienone is 23. The van der Waals surface area contributed by atoms with Crippen molar-refractivity contribution in [2.45, 2.75) is 328 Å². The van der Waals surface area contributed by atoms with E-state index in [1.165, 1.54) is 186 Å². The molecule has 0 rings (SSSR count). The highest BCUT2D eigenvalue weighted by atomic mass is 16.3. The second kappa shape index (κ2) is 70.5. The normalized spacial score (nSPS) is 13.7. The second-order valence-electron chi connectivity index (χ2n) is 22.9. The molecule has 2 atom stereocenters. The Kier molecular flexibility index (Phi) is 67.3. The van der Waals surface area contributed by atoms with Gasteiger partial charge in [0.05, 0.1) is 18.8 Å². The fourth-order valence-corrected chi connectivity index (χ4v) is 9.87. The average Bonchev–Trinajstić information content (AvgIpc) is 3.47. The molecule has 4 heteroatoms. The lowest BCUT2D eigenvalue weighted by Gasteiger charge is -2.19. The molecule has 462 valence electrons. The van der Waals surface area contributed by atoms with E-state index < -0.39 is 12.1 Å². The molecule has 0 aromatic rings. The first-order chi connectivity index (χ1) is 40.2. The van der Waals surface area contributed by atoms with Gasteiger partial charge in [-0.3, -0.25) is 4.79 Å². The molecule has 0 fully saturated rings. The number of hydrogen-bond donors (Lipinski definition) is 3. The van der Waals surface area contributed by atoms with Gasteiger partial charge in [-0.2, -0.15) is 0 Å². The smallest absolute Gasteiger partial charge is 0.220 e. The lowest BCUT2D eigenvalue weighted by Crippen LogP contribution is -2.45. The van der Waals surface area contributed by atoms with Gasteiger partial charge in [-0.1, -0.05) is 346 Å². The van der Waals surface area contributed by atoms with E-state index in [1.54, 1.807) is 6.08 Å². The number of aliphatic hydroxyl groups is 2. The van der Waals surface area contributed by atoms with Crippen LogP contribution in [0.3, 0.4) is 0 Å². The Bertz CT molecular complexity index is 1650. The molecular formula is C77H131NO3. The number of rotatable bonds is 62. The van der Waals surface area contributed by atoms with Crippen LogP contribution in [0.15, 0.2) is 146 Å². The third kappa shape index (κ3) is 67.0. The molecule has 0 bridgehead atoms. The van der Waals surface area contributed by atoms with Crippen molar-refractivity contribution in [2.24, 2.45) is 0 Å². The zero-order chi connectivity index (χ0) is 58.4. The zero-order valence-electron chi connectivity index (χ0n) is 53.3. The van der Waals surface area contributed by atoms with Crippen LogP contribution in [0.2, 0.25) is 0 Å². The van der Waals surface area contributed by atoms with Gasteiger partial charge < -0.3 is 15.5 Å². The van der Waals surface area contributed by atoms with Crippen molar-refractivity contribution in [3.8, 4) is 0 Å². The topological polar surface area (TPSA) is 69.6 Å². The highest BCUT2D eigenvalue weighted by molar-refractivity contribution is 5.76. The monoisotopic (exact) mass is 1120 g/mol. The van der Waals surface area contributed by atoms with E-state index in [-0.39, 0.29) is 12.5 Å². The van der Waals surface area contributed by atoms with Crippen molar-refractivity contribution in [1.82, 2.24) is 5.32 Å². The number of nitrogens with one attached hydrogen (secondary N) is 1. The molecule has 4 nitrogen and oxygen atoms in total. The molecule has 0 aromatic heterocycles. The number of carbonyl (C=O) groups is 1. The molecule has 2 unspecified atom stereocenters. The SMILES string of the molecule is CC/C=C\C/C=C\C/C=C\C/C=C\C/C=C\C/C=C\C/C=C\C/C=C\C/C=C\C/C=C\CCCCCCCCCCC(=O)NC(CO)C(O)/C=C/CC/C=C/CCCCCCCCCCCCCCCCCCCCCCCCCC. The van der Waals surface area contributed by atoms with Gasteiger partial charge in [0.1, 0.15) is 0 Å². The molecule has 0 heterocycles. The van der Waals surface area contributed by atoms with Crippen molar-refractivity contribution >= 4 is 5.91 Å². The van der Waals surface area contributed by atoms with Crippen molar-refractivity contribution in [3.63, 3.8) is 0 Å². The van der Waals surface area contributed by atoms with Crippen molar-refractivity contribution < 1.29 is 15.0 Å².